The minimum atomic E-state index is -3.75. The zero-order valence-electron chi connectivity index (χ0n) is 11.3. The SMILES string of the molecule is CCOC(=O)CCN(C)S(=O)(=O)N(C)CCC(=O)O. The van der Waals surface area contributed by atoms with Crippen molar-refractivity contribution < 1.29 is 27.9 Å². The molecule has 0 amide bonds. The summed E-state index contributed by atoms with van der Waals surface area (Å²) in [5.41, 5.74) is 0. The average Bonchev–Trinajstić information content (AvgIpc) is 2.32. The third kappa shape index (κ3) is 6.50. The fraction of sp³-hybridized carbons (Fsp3) is 0.800. The van der Waals surface area contributed by atoms with Gasteiger partial charge in [0.2, 0.25) is 0 Å². The first-order chi connectivity index (χ1) is 8.71. The molecule has 9 heteroatoms. The fourth-order valence-electron chi connectivity index (χ4n) is 1.20. The van der Waals surface area contributed by atoms with E-state index in [2.05, 4.69) is 0 Å². The van der Waals surface area contributed by atoms with Crippen LogP contribution in [0, 0.1) is 0 Å². The van der Waals surface area contributed by atoms with E-state index in [1.165, 1.54) is 14.1 Å². The largest absolute Gasteiger partial charge is 0.481 e. The zero-order valence-corrected chi connectivity index (χ0v) is 12.1. The Hall–Kier alpha value is -1.19. The number of rotatable bonds is 9. The summed E-state index contributed by atoms with van der Waals surface area (Å²) < 4.78 is 30.5. The Labute approximate surface area is 113 Å². The second-order valence-corrected chi connectivity index (χ2v) is 5.99. The lowest BCUT2D eigenvalue weighted by molar-refractivity contribution is -0.143. The summed E-state index contributed by atoms with van der Waals surface area (Å²) in [7, 11) is -1.13. The second-order valence-electron chi connectivity index (χ2n) is 3.85. The van der Waals surface area contributed by atoms with Gasteiger partial charge in [0.15, 0.2) is 0 Å². The average molecular weight is 296 g/mol. The Morgan fingerprint density at radius 3 is 2.00 bits per heavy atom. The van der Waals surface area contributed by atoms with E-state index in [9.17, 15) is 18.0 Å². The van der Waals surface area contributed by atoms with Crippen molar-refractivity contribution in [2.45, 2.75) is 19.8 Å². The van der Waals surface area contributed by atoms with Gasteiger partial charge < -0.3 is 9.84 Å². The second kappa shape index (κ2) is 8.08. The van der Waals surface area contributed by atoms with Crippen LogP contribution < -0.4 is 0 Å². The molecule has 0 aromatic rings. The summed E-state index contributed by atoms with van der Waals surface area (Å²) in [6.45, 7) is 1.77. The Bertz CT molecular complexity index is 408. The van der Waals surface area contributed by atoms with Gasteiger partial charge in [-0.2, -0.15) is 17.0 Å². The number of carboxylic acid groups (broad SMARTS) is 1. The number of carbonyl (C=O) groups excluding carboxylic acids is 1. The summed E-state index contributed by atoms with van der Waals surface area (Å²) in [4.78, 5) is 21.5. The van der Waals surface area contributed by atoms with Crippen molar-refractivity contribution in [2.24, 2.45) is 0 Å². The number of ether oxygens (including phenoxy) is 1. The van der Waals surface area contributed by atoms with Crippen molar-refractivity contribution in [2.75, 3.05) is 33.8 Å². The number of carboxylic acids is 1. The van der Waals surface area contributed by atoms with Crippen molar-refractivity contribution in [3.05, 3.63) is 0 Å². The van der Waals surface area contributed by atoms with Crippen LogP contribution in [-0.4, -0.2) is 67.9 Å². The number of esters is 1. The first-order valence-electron chi connectivity index (χ1n) is 5.76. The molecular weight excluding hydrogens is 276 g/mol. The molecule has 0 aromatic carbocycles. The van der Waals surface area contributed by atoms with E-state index in [-0.39, 0.29) is 32.5 Å². The molecule has 0 rings (SSSR count). The van der Waals surface area contributed by atoms with Crippen LogP contribution in [0.25, 0.3) is 0 Å². The van der Waals surface area contributed by atoms with Crippen LogP contribution in [0.4, 0.5) is 0 Å². The summed E-state index contributed by atoms with van der Waals surface area (Å²) in [5, 5.41) is 8.51. The summed E-state index contributed by atoms with van der Waals surface area (Å²) in [5.74, 6) is -1.55. The standard InChI is InChI=1S/C10H20N2O6S/c1-4-18-10(15)6-8-12(3)19(16,17)11(2)7-5-9(13)14/h4-8H2,1-3H3,(H,13,14). The molecule has 0 aliphatic heterocycles. The predicted octanol–water partition coefficient (Wildman–Crippen LogP) is -0.477. The number of nitrogens with zero attached hydrogens (tertiary/aromatic N) is 2. The zero-order chi connectivity index (χ0) is 15.1. The molecule has 112 valence electrons. The Morgan fingerprint density at radius 2 is 1.58 bits per heavy atom. The van der Waals surface area contributed by atoms with E-state index in [0.717, 1.165) is 8.61 Å². The highest BCUT2D eigenvalue weighted by atomic mass is 32.2. The fourth-order valence-corrected chi connectivity index (χ4v) is 2.32. The van der Waals surface area contributed by atoms with Crippen LogP contribution >= 0.6 is 0 Å². The number of carbonyl (C=O) groups is 2. The van der Waals surface area contributed by atoms with Gasteiger partial charge in [0.25, 0.3) is 10.2 Å². The smallest absolute Gasteiger partial charge is 0.307 e. The molecule has 0 heterocycles. The number of aliphatic carboxylic acids is 1. The van der Waals surface area contributed by atoms with Gasteiger partial charge in [0.05, 0.1) is 19.4 Å². The van der Waals surface area contributed by atoms with E-state index in [1.807, 2.05) is 0 Å². The van der Waals surface area contributed by atoms with Gasteiger partial charge in [0, 0.05) is 27.2 Å². The first-order valence-corrected chi connectivity index (χ1v) is 7.16. The predicted molar refractivity (Wildman–Crippen MR) is 67.7 cm³/mol. The van der Waals surface area contributed by atoms with E-state index in [1.54, 1.807) is 6.92 Å². The summed E-state index contributed by atoms with van der Waals surface area (Å²) >= 11 is 0. The molecule has 0 saturated carbocycles. The van der Waals surface area contributed by atoms with Gasteiger partial charge in [-0.1, -0.05) is 0 Å². The van der Waals surface area contributed by atoms with Crippen LogP contribution in [0.15, 0.2) is 0 Å². The molecule has 0 radical (unpaired) electrons. The van der Waals surface area contributed by atoms with Crippen molar-refractivity contribution in [1.29, 1.82) is 0 Å². The molecular formula is C10H20N2O6S. The molecule has 0 saturated heterocycles. The normalized spacial score (nSPS) is 11.8. The maximum atomic E-state index is 11.9. The lowest BCUT2D eigenvalue weighted by atomic mass is 10.4. The maximum Gasteiger partial charge on any atom is 0.307 e. The molecule has 0 bridgehead atoms. The van der Waals surface area contributed by atoms with E-state index < -0.39 is 22.1 Å². The van der Waals surface area contributed by atoms with E-state index in [0.29, 0.717) is 0 Å². The van der Waals surface area contributed by atoms with Crippen molar-refractivity contribution >= 4 is 22.1 Å². The van der Waals surface area contributed by atoms with Crippen molar-refractivity contribution in [3.63, 3.8) is 0 Å². The quantitative estimate of drug-likeness (QED) is 0.576. The van der Waals surface area contributed by atoms with Gasteiger partial charge in [-0.15, -0.1) is 0 Å². The molecule has 0 atom stereocenters. The van der Waals surface area contributed by atoms with Gasteiger partial charge >= 0.3 is 11.9 Å². The Morgan fingerprint density at radius 1 is 1.11 bits per heavy atom. The number of hydrogen-bond acceptors (Lipinski definition) is 5. The highest BCUT2D eigenvalue weighted by Gasteiger charge is 2.24. The molecule has 0 aromatic heterocycles. The van der Waals surface area contributed by atoms with E-state index >= 15 is 0 Å². The Kier molecular flexibility index (Phi) is 7.57. The third-order valence-corrected chi connectivity index (χ3v) is 4.31. The molecule has 1 N–H and O–H groups in total. The molecule has 0 fully saturated rings. The van der Waals surface area contributed by atoms with Gasteiger partial charge in [0.1, 0.15) is 0 Å². The van der Waals surface area contributed by atoms with Gasteiger partial charge in [-0.3, -0.25) is 9.59 Å². The monoisotopic (exact) mass is 296 g/mol. The molecule has 0 unspecified atom stereocenters. The lowest BCUT2D eigenvalue weighted by Crippen LogP contribution is -2.41. The highest BCUT2D eigenvalue weighted by molar-refractivity contribution is 7.86. The summed E-state index contributed by atoms with van der Waals surface area (Å²) in [6, 6.07) is 0. The topological polar surface area (TPSA) is 104 Å². The van der Waals surface area contributed by atoms with Crippen LogP contribution in [-0.2, 0) is 24.5 Å². The minimum Gasteiger partial charge on any atom is -0.481 e. The summed E-state index contributed by atoms with van der Waals surface area (Å²) in [6.07, 6.45) is -0.322. The molecule has 19 heavy (non-hydrogen) atoms. The molecule has 0 aliphatic rings. The van der Waals surface area contributed by atoms with Crippen LogP contribution in [0.1, 0.15) is 19.8 Å². The first kappa shape index (κ1) is 17.8. The van der Waals surface area contributed by atoms with E-state index in [4.69, 9.17) is 9.84 Å². The van der Waals surface area contributed by atoms with Crippen LogP contribution in [0.3, 0.4) is 0 Å². The lowest BCUT2D eigenvalue weighted by Gasteiger charge is -2.23. The highest BCUT2D eigenvalue weighted by Crippen LogP contribution is 2.05. The molecule has 0 spiro atoms. The molecule has 8 nitrogen and oxygen atoms in total. The Balaban J connectivity index is 4.38. The van der Waals surface area contributed by atoms with Crippen LogP contribution in [0.5, 0.6) is 0 Å². The van der Waals surface area contributed by atoms with Gasteiger partial charge in [-0.05, 0) is 6.92 Å². The van der Waals surface area contributed by atoms with Gasteiger partial charge in [-0.25, -0.2) is 0 Å². The molecule has 0 aliphatic carbocycles. The van der Waals surface area contributed by atoms with Crippen molar-refractivity contribution in [3.8, 4) is 0 Å². The third-order valence-electron chi connectivity index (χ3n) is 2.36. The van der Waals surface area contributed by atoms with Crippen LogP contribution in [0.2, 0.25) is 0 Å². The number of hydrogen-bond donors (Lipinski definition) is 1. The maximum absolute atomic E-state index is 11.9. The minimum absolute atomic E-state index is 0.0153. The van der Waals surface area contributed by atoms with Crippen molar-refractivity contribution in [1.82, 2.24) is 8.61 Å².